The number of ether oxygens (including phenoxy) is 1. The highest BCUT2D eigenvalue weighted by atomic mass is 16.5. The van der Waals surface area contributed by atoms with Crippen molar-refractivity contribution in [3.8, 4) is 0 Å². The van der Waals surface area contributed by atoms with Crippen molar-refractivity contribution in [1.82, 2.24) is 4.90 Å². The van der Waals surface area contributed by atoms with Crippen LogP contribution in [0.1, 0.15) is 37.7 Å². The average Bonchev–Trinajstić information content (AvgIpc) is 2.60. The van der Waals surface area contributed by atoms with Crippen molar-refractivity contribution in [3.63, 3.8) is 0 Å². The molecule has 1 saturated heterocycles. The molecular weight excluding hydrogens is 306 g/mol. The third-order valence-corrected chi connectivity index (χ3v) is 4.54. The Hall–Kier alpha value is -1.88. The Kier molecular flexibility index (Phi) is 7.75. The van der Waals surface area contributed by atoms with Crippen molar-refractivity contribution in [2.45, 2.75) is 38.5 Å². The molecular formula is C19H27NO4. The van der Waals surface area contributed by atoms with Gasteiger partial charge in [-0.25, -0.2) is 0 Å². The number of nitrogens with zero attached hydrogens (tertiary/aromatic N) is 1. The van der Waals surface area contributed by atoms with Gasteiger partial charge in [0.2, 0.25) is 5.91 Å². The van der Waals surface area contributed by atoms with E-state index >= 15 is 0 Å². The van der Waals surface area contributed by atoms with E-state index in [2.05, 4.69) is 0 Å². The fraction of sp³-hybridized carbons (Fsp3) is 0.579. The van der Waals surface area contributed by atoms with Gasteiger partial charge in [-0.3, -0.25) is 9.59 Å². The second-order valence-electron chi connectivity index (χ2n) is 6.39. The molecule has 0 aromatic heterocycles. The summed E-state index contributed by atoms with van der Waals surface area (Å²) in [5, 5.41) is 9.05. The number of carboxylic acids is 1. The number of carbonyl (C=O) groups excluding carboxylic acids is 1. The predicted octanol–water partition coefficient (Wildman–Crippen LogP) is 2.74. The summed E-state index contributed by atoms with van der Waals surface area (Å²) in [4.78, 5) is 24.9. The Balaban J connectivity index is 1.77. The second kappa shape index (κ2) is 10.1. The molecule has 1 aliphatic heterocycles. The van der Waals surface area contributed by atoms with Crippen molar-refractivity contribution in [2.24, 2.45) is 5.92 Å². The van der Waals surface area contributed by atoms with Crippen LogP contribution in [-0.4, -0.2) is 48.2 Å². The highest BCUT2D eigenvalue weighted by Gasteiger charge is 2.18. The molecule has 0 unspecified atom stereocenters. The van der Waals surface area contributed by atoms with Gasteiger partial charge in [-0.2, -0.15) is 0 Å². The summed E-state index contributed by atoms with van der Waals surface area (Å²) >= 11 is 0. The summed E-state index contributed by atoms with van der Waals surface area (Å²) in [7, 11) is 0. The van der Waals surface area contributed by atoms with E-state index in [1.54, 1.807) is 0 Å². The van der Waals surface area contributed by atoms with E-state index in [1.165, 1.54) is 4.90 Å². The van der Waals surface area contributed by atoms with Crippen LogP contribution >= 0.6 is 0 Å². The molecule has 0 bridgehead atoms. The van der Waals surface area contributed by atoms with Crippen LogP contribution < -0.4 is 0 Å². The first kappa shape index (κ1) is 18.5. The number of aliphatic carboxylic acids is 1. The van der Waals surface area contributed by atoms with E-state index in [1.807, 2.05) is 30.3 Å². The van der Waals surface area contributed by atoms with Gasteiger partial charge in [0.25, 0.3) is 0 Å². The van der Waals surface area contributed by atoms with Crippen LogP contribution in [0, 0.1) is 5.92 Å². The Morgan fingerprint density at radius 1 is 1.17 bits per heavy atom. The lowest BCUT2D eigenvalue weighted by Gasteiger charge is -2.23. The molecule has 0 saturated carbocycles. The van der Waals surface area contributed by atoms with Crippen LogP contribution in [0.25, 0.3) is 0 Å². The number of amides is 1. The minimum Gasteiger partial charge on any atom is -0.480 e. The maximum Gasteiger partial charge on any atom is 0.323 e. The summed E-state index contributed by atoms with van der Waals surface area (Å²) in [5.41, 5.74) is 1.11. The maximum atomic E-state index is 12.4. The summed E-state index contributed by atoms with van der Waals surface area (Å²) in [5.74, 6) is -0.370. The zero-order chi connectivity index (χ0) is 17.2. The molecule has 0 radical (unpaired) electrons. The van der Waals surface area contributed by atoms with E-state index in [0.29, 0.717) is 25.3 Å². The molecule has 5 heteroatoms. The number of carbonyl (C=O) groups is 2. The van der Waals surface area contributed by atoms with Crippen LogP contribution in [0.2, 0.25) is 0 Å². The summed E-state index contributed by atoms with van der Waals surface area (Å²) in [6.07, 6.45) is 5.10. The predicted molar refractivity (Wildman–Crippen MR) is 91.8 cm³/mol. The van der Waals surface area contributed by atoms with Gasteiger partial charge < -0.3 is 14.7 Å². The lowest BCUT2D eigenvalue weighted by Crippen LogP contribution is -2.37. The molecule has 0 aliphatic carbocycles. The van der Waals surface area contributed by atoms with E-state index in [0.717, 1.165) is 44.5 Å². The first-order chi connectivity index (χ1) is 11.6. The van der Waals surface area contributed by atoms with Crippen molar-refractivity contribution in [3.05, 3.63) is 35.9 Å². The fourth-order valence-corrected chi connectivity index (χ4v) is 3.10. The van der Waals surface area contributed by atoms with E-state index in [4.69, 9.17) is 9.84 Å². The van der Waals surface area contributed by atoms with E-state index in [9.17, 15) is 9.59 Å². The molecule has 0 atom stereocenters. The molecule has 1 N–H and O–H groups in total. The molecule has 1 aromatic carbocycles. The van der Waals surface area contributed by atoms with Gasteiger partial charge in [0.05, 0.1) is 0 Å². The van der Waals surface area contributed by atoms with Crippen LogP contribution in [-0.2, 0) is 20.7 Å². The first-order valence-electron chi connectivity index (χ1n) is 8.76. The lowest BCUT2D eigenvalue weighted by atomic mass is 9.94. The van der Waals surface area contributed by atoms with Crippen molar-refractivity contribution in [2.75, 3.05) is 26.3 Å². The molecule has 2 rings (SSSR count). The van der Waals surface area contributed by atoms with E-state index in [-0.39, 0.29) is 12.5 Å². The lowest BCUT2D eigenvalue weighted by molar-refractivity contribution is -0.144. The van der Waals surface area contributed by atoms with Gasteiger partial charge in [0.1, 0.15) is 6.54 Å². The van der Waals surface area contributed by atoms with Gasteiger partial charge in [-0.15, -0.1) is 0 Å². The van der Waals surface area contributed by atoms with Crippen molar-refractivity contribution in [1.29, 1.82) is 0 Å². The summed E-state index contributed by atoms with van der Waals surface area (Å²) in [6, 6.07) is 9.84. The fourth-order valence-electron chi connectivity index (χ4n) is 3.10. The topological polar surface area (TPSA) is 66.8 Å². The largest absolute Gasteiger partial charge is 0.480 e. The molecule has 1 aliphatic rings. The second-order valence-corrected chi connectivity index (χ2v) is 6.39. The van der Waals surface area contributed by atoms with Gasteiger partial charge in [0, 0.05) is 26.2 Å². The first-order valence-corrected chi connectivity index (χ1v) is 8.76. The van der Waals surface area contributed by atoms with Crippen molar-refractivity contribution < 1.29 is 19.4 Å². The Labute approximate surface area is 143 Å². The maximum absolute atomic E-state index is 12.4. The number of rotatable bonds is 9. The number of carboxylic acid groups (broad SMARTS) is 1. The quantitative estimate of drug-likeness (QED) is 0.754. The zero-order valence-electron chi connectivity index (χ0n) is 14.2. The molecule has 1 aromatic rings. The zero-order valence-corrected chi connectivity index (χ0v) is 14.2. The average molecular weight is 333 g/mol. The molecule has 5 nitrogen and oxygen atoms in total. The molecule has 1 heterocycles. The molecule has 1 amide bonds. The number of hydrogen-bond acceptors (Lipinski definition) is 3. The number of benzene rings is 1. The van der Waals surface area contributed by atoms with Crippen LogP contribution in [0.15, 0.2) is 30.3 Å². The summed E-state index contributed by atoms with van der Waals surface area (Å²) in [6.45, 7) is 1.87. The van der Waals surface area contributed by atoms with Crippen LogP contribution in [0.3, 0.4) is 0 Å². The molecule has 24 heavy (non-hydrogen) atoms. The smallest absolute Gasteiger partial charge is 0.323 e. The van der Waals surface area contributed by atoms with Crippen molar-refractivity contribution >= 4 is 11.9 Å². The Bertz CT molecular complexity index is 511. The van der Waals surface area contributed by atoms with Crippen LogP contribution in [0.5, 0.6) is 0 Å². The minimum atomic E-state index is -0.958. The van der Waals surface area contributed by atoms with E-state index < -0.39 is 5.97 Å². The summed E-state index contributed by atoms with van der Waals surface area (Å²) < 4.78 is 5.34. The van der Waals surface area contributed by atoms with Gasteiger partial charge >= 0.3 is 5.97 Å². The SMILES string of the molecule is O=C(O)CN(CCc1ccccc1)C(=O)CCCC1CCOCC1. The third-order valence-electron chi connectivity index (χ3n) is 4.54. The van der Waals surface area contributed by atoms with Gasteiger partial charge in [0.15, 0.2) is 0 Å². The number of hydrogen-bond donors (Lipinski definition) is 1. The Morgan fingerprint density at radius 3 is 2.54 bits per heavy atom. The van der Waals surface area contributed by atoms with Gasteiger partial charge in [-0.1, -0.05) is 30.3 Å². The Morgan fingerprint density at radius 2 is 1.88 bits per heavy atom. The highest BCUT2D eigenvalue weighted by molar-refractivity contribution is 5.81. The normalized spacial score (nSPS) is 15.2. The minimum absolute atomic E-state index is 0.0552. The third kappa shape index (κ3) is 6.71. The monoisotopic (exact) mass is 333 g/mol. The van der Waals surface area contributed by atoms with Gasteiger partial charge in [-0.05, 0) is 43.6 Å². The standard InChI is InChI=1S/C19H27NO4/c21-18(8-4-7-17-10-13-24-14-11-17)20(15-19(22)23)12-9-16-5-2-1-3-6-16/h1-3,5-6,17H,4,7-15H2,(H,22,23). The highest BCUT2D eigenvalue weighted by Crippen LogP contribution is 2.21. The van der Waals surface area contributed by atoms with Crippen LogP contribution in [0.4, 0.5) is 0 Å². The molecule has 132 valence electrons. The molecule has 1 fully saturated rings. The molecule has 0 spiro atoms.